The third kappa shape index (κ3) is 3.32. The third-order valence-electron chi connectivity index (χ3n) is 9.12. The summed E-state index contributed by atoms with van der Waals surface area (Å²) in [6.45, 7) is 0.662. The second-order valence-electron chi connectivity index (χ2n) is 10.5. The van der Waals surface area contributed by atoms with Crippen LogP contribution in [-0.2, 0) is 29.2 Å². The molecule has 2 bridgehead atoms. The Bertz CT molecular complexity index is 1340. The molecule has 208 valence electrons. The summed E-state index contributed by atoms with van der Waals surface area (Å²) in [5.74, 6) is -1.11. The first-order valence-electron chi connectivity index (χ1n) is 13.0. The van der Waals surface area contributed by atoms with Crippen molar-refractivity contribution in [2.45, 2.75) is 54.3 Å². The number of rotatable bonds is 7. The molecule has 0 radical (unpaired) electrons. The molecule has 2 aliphatic heterocycles. The SMILES string of the molecule is COc1ccc(/C=C/C(=O)O[C@H]2CC34CCNC35C[C@H](O[C@@]5(OC)C2OC)c2ccc(OC)c(O)c24)cc1O. The molecule has 2 aromatic rings. The fraction of sp³-hybridized carbons (Fsp3) is 0.483. The van der Waals surface area contributed by atoms with E-state index in [-0.39, 0.29) is 17.6 Å². The number of carbonyl (C=O) groups excluding carboxylic acids is 1. The van der Waals surface area contributed by atoms with Crippen LogP contribution in [0.2, 0.25) is 0 Å². The van der Waals surface area contributed by atoms with Crippen LogP contribution >= 0.6 is 0 Å². The van der Waals surface area contributed by atoms with Gasteiger partial charge in [-0.1, -0.05) is 12.1 Å². The molecule has 4 aliphatic rings. The van der Waals surface area contributed by atoms with Crippen molar-refractivity contribution >= 4 is 12.0 Å². The Hall–Kier alpha value is -3.31. The summed E-state index contributed by atoms with van der Waals surface area (Å²) in [7, 11) is 6.13. The number of benzene rings is 2. The number of carbonyl (C=O) groups is 1. The second kappa shape index (κ2) is 9.12. The largest absolute Gasteiger partial charge is 0.504 e. The number of methoxy groups -OCH3 is 4. The van der Waals surface area contributed by atoms with Gasteiger partial charge in [-0.15, -0.1) is 0 Å². The maximum atomic E-state index is 13.1. The summed E-state index contributed by atoms with van der Waals surface area (Å²) >= 11 is 0. The lowest BCUT2D eigenvalue weighted by atomic mass is 9.50. The van der Waals surface area contributed by atoms with Crippen molar-refractivity contribution in [2.75, 3.05) is 35.0 Å². The zero-order valence-corrected chi connectivity index (χ0v) is 22.4. The average molecular weight is 540 g/mol. The summed E-state index contributed by atoms with van der Waals surface area (Å²) in [6, 6.07) is 8.52. The number of hydrogen-bond donors (Lipinski definition) is 3. The minimum Gasteiger partial charge on any atom is -0.504 e. The topological polar surface area (TPSA) is 125 Å². The van der Waals surface area contributed by atoms with Crippen LogP contribution < -0.4 is 14.8 Å². The van der Waals surface area contributed by atoms with Crippen molar-refractivity contribution in [3.63, 3.8) is 0 Å². The number of esters is 1. The van der Waals surface area contributed by atoms with Crippen LogP contribution in [0, 0.1) is 0 Å². The Morgan fingerprint density at radius 2 is 1.85 bits per heavy atom. The van der Waals surface area contributed by atoms with Gasteiger partial charge in [0.05, 0.1) is 25.9 Å². The summed E-state index contributed by atoms with van der Waals surface area (Å²) in [4.78, 5) is 13.1. The highest BCUT2D eigenvalue weighted by Gasteiger charge is 2.81. The van der Waals surface area contributed by atoms with Gasteiger partial charge < -0.3 is 44.0 Å². The van der Waals surface area contributed by atoms with Crippen LogP contribution in [0.4, 0.5) is 0 Å². The van der Waals surface area contributed by atoms with Gasteiger partial charge in [0.25, 0.3) is 0 Å². The smallest absolute Gasteiger partial charge is 0.331 e. The maximum absolute atomic E-state index is 13.1. The molecule has 3 fully saturated rings. The van der Waals surface area contributed by atoms with E-state index in [1.54, 1.807) is 38.5 Å². The van der Waals surface area contributed by atoms with Gasteiger partial charge in [-0.3, -0.25) is 0 Å². The highest BCUT2D eigenvalue weighted by molar-refractivity contribution is 5.87. The molecular formula is C29H33NO9. The average Bonchev–Trinajstić information content (AvgIpc) is 3.48. The number of phenolic OH excluding ortho intramolecular Hbond substituents is 2. The summed E-state index contributed by atoms with van der Waals surface area (Å²) in [5.41, 5.74) is 0.854. The molecule has 3 N–H and O–H groups in total. The summed E-state index contributed by atoms with van der Waals surface area (Å²) in [5, 5.41) is 25.2. The fourth-order valence-corrected chi connectivity index (χ4v) is 7.70. The fourth-order valence-electron chi connectivity index (χ4n) is 7.70. The van der Waals surface area contributed by atoms with E-state index in [1.807, 2.05) is 6.07 Å². The van der Waals surface area contributed by atoms with E-state index in [0.717, 1.165) is 11.1 Å². The minimum absolute atomic E-state index is 0.0333. The Labute approximate surface area is 226 Å². The highest BCUT2D eigenvalue weighted by Crippen LogP contribution is 2.71. The van der Waals surface area contributed by atoms with Crippen molar-refractivity contribution in [3.8, 4) is 23.0 Å². The number of aromatic hydroxyl groups is 2. The van der Waals surface area contributed by atoms with Crippen molar-refractivity contribution in [1.82, 2.24) is 5.32 Å². The lowest BCUT2D eigenvalue weighted by Crippen LogP contribution is -2.78. The number of fused-ring (bicyclic) bond motifs is 3. The zero-order valence-electron chi connectivity index (χ0n) is 22.4. The van der Waals surface area contributed by atoms with Gasteiger partial charge in [0.1, 0.15) is 12.2 Å². The highest BCUT2D eigenvalue weighted by atomic mass is 16.7. The third-order valence-corrected chi connectivity index (χ3v) is 9.12. The van der Waals surface area contributed by atoms with Crippen LogP contribution in [0.1, 0.15) is 42.1 Å². The van der Waals surface area contributed by atoms with E-state index in [9.17, 15) is 15.0 Å². The van der Waals surface area contributed by atoms with E-state index in [4.69, 9.17) is 28.4 Å². The van der Waals surface area contributed by atoms with E-state index in [2.05, 4.69) is 5.32 Å². The lowest BCUT2D eigenvalue weighted by Gasteiger charge is -2.59. The first kappa shape index (κ1) is 25.9. The molecule has 6 rings (SSSR count). The predicted molar refractivity (Wildman–Crippen MR) is 139 cm³/mol. The summed E-state index contributed by atoms with van der Waals surface area (Å²) < 4.78 is 35.5. The molecule has 3 unspecified atom stereocenters. The predicted octanol–water partition coefficient (Wildman–Crippen LogP) is 2.95. The number of hydrogen-bond acceptors (Lipinski definition) is 10. The Morgan fingerprint density at radius 3 is 2.54 bits per heavy atom. The van der Waals surface area contributed by atoms with E-state index >= 15 is 0 Å². The molecule has 2 aromatic carbocycles. The van der Waals surface area contributed by atoms with Gasteiger partial charge in [-0.25, -0.2) is 4.79 Å². The van der Waals surface area contributed by atoms with Gasteiger partial charge >= 0.3 is 5.97 Å². The summed E-state index contributed by atoms with van der Waals surface area (Å²) in [6.07, 6.45) is 2.70. The Balaban J connectivity index is 1.39. The molecule has 0 amide bonds. The molecule has 10 heteroatoms. The first-order chi connectivity index (χ1) is 18.8. The Kier molecular flexibility index (Phi) is 6.07. The van der Waals surface area contributed by atoms with Crippen molar-refractivity contribution in [1.29, 1.82) is 0 Å². The molecule has 6 atom stereocenters. The molecule has 2 aliphatic carbocycles. The van der Waals surface area contributed by atoms with Crippen LogP contribution in [-0.4, -0.2) is 74.7 Å². The van der Waals surface area contributed by atoms with E-state index in [0.29, 0.717) is 42.9 Å². The van der Waals surface area contributed by atoms with Gasteiger partial charge in [0, 0.05) is 37.7 Å². The van der Waals surface area contributed by atoms with Crippen LogP contribution in [0.5, 0.6) is 23.0 Å². The number of ether oxygens (including phenoxy) is 6. The second-order valence-corrected chi connectivity index (χ2v) is 10.5. The molecule has 0 aromatic heterocycles. The monoisotopic (exact) mass is 539 g/mol. The van der Waals surface area contributed by atoms with Gasteiger partial charge in [-0.05, 0) is 54.8 Å². The Morgan fingerprint density at radius 1 is 1.08 bits per heavy atom. The molecule has 1 saturated carbocycles. The van der Waals surface area contributed by atoms with Gasteiger partial charge in [-0.2, -0.15) is 0 Å². The number of nitrogens with one attached hydrogen (secondary N) is 1. The maximum Gasteiger partial charge on any atom is 0.331 e. The quantitative estimate of drug-likeness (QED) is 0.357. The minimum atomic E-state index is -1.28. The molecule has 39 heavy (non-hydrogen) atoms. The standard InChI is InChI=1S/C29H33NO9/c1-34-19-8-5-16(13-18(19)31)6-10-23(32)38-22-14-27-11-12-30-28(27)15-21(39-29(28,37-4)26(22)36-3)17-7-9-20(35-2)25(33)24(17)27/h5-10,13,21-22,26,30-31,33H,11-12,14-15H2,1-4H3/b10-6+/t21-,22-,26?,27?,28?,29-/m0/s1. The van der Waals surface area contributed by atoms with Gasteiger partial charge in [0.2, 0.25) is 5.79 Å². The normalized spacial score (nSPS) is 34.0. The molecule has 2 heterocycles. The first-order valence-corrected chi connectivity index (χ1v) is 13.0. The van der Waals surface area contributed by atoms with Crippen molar-refractivity contribution in [3.05, 3.63) is 53.1 Å². The van der Waals surface area contributed by atoms with Gasteiger partial charge in [0.15, 0.2) is 23.0 Å². The molecule has 10 nitrogen and oxygen atoms in total. The molecular weight excluding hydrogens is 506 g/mol. The van der Waals surface area contributed by atoms with Crippen molar-refractivity contribution < 1.29 is 43.4 Å². The lowest BCUT2D eigenvalue weighted by molar-refractivity contribution is -0.328. The van der Waals surface area contributed by atoms with Crippen molar-refractivity contribution in [2.24, 2.45) is 0 Å². The van der Waals surface area contributed by atoms with E-state index in [1.165, 1.54) is 26.4 Å². The number of phenols is 2. The van der Waals surface area contributed by atoms with Crippen LogP contribution in [0.15, 0.2) is 36.4 Å². The molecule has 2 saturated heterocycles. The molecule has 1 spiro atoms. The van der Waals surface area contributed by atoms with Crippen LogP contribution in [0.3, 0.4) is 0 Å². The zero-order chi connectivity index (χ0) is 27.6. The van der Waals surface area contributed by atoms with E-state index < -0.39 is 34.9 Å². The van der Waals surface area contributed by atoms with Crippen LogP contribution in [0.25, 0.3) is 6.08 Å².